The van der Waals surface area contributed by atoms with Gasteiger partial charge in [-0.15, -0.1) is 26.0 Å². The maximum atomic E-state index is 4.68. The Hall–Kier alpha value is -1.73. The molecule has 2 heterocycles. The molecule has 0 spiro atoms. The van der Waals surface area contributed by atoms with Gasteiger partial charge in [0.1, 0.15) is 11.6 Å². The number of allylic oxidation sites excluding steroid dienone is 4. The molecule has 0 saturated carbocycles. The summed E-state index contributed by atoms with van der Waals surface area (Å²) in [6.45, 7) is 7.82. The van der Waals surface area contributed by atoms with Gasteiger partial charge in [-0.25, -0.2) is 11.1 Å². The summed E-state index contributed by atoms with van der Waals surface area (Å²) >= 11 is 0. The summed E-state index contributed by atoms with van der Waals surface area (Å²) < 4.78 is 0. The number of anilines is 2. The first-order valence-corrected chi connectivity index (χ1v) is 7.28. The van der Waals surface area contributed by atoms with Crippen molar-refractivity contribution in [1.29, 1.82) is 0 Å². The molecule has 0 bridgehead atoms. The van der Waals surface area contributed by atoms with Gasteiger partial charge in [0.15, 0.2) is 0 Å². The van der Waals surface area contributed by atoms with Crippen LogP contribution < -0.4 is 4.90 Å². The first-order valence-electron chi connectivity index (χ1n) is 7.28. The van der Waals surface area contributed by atoms with Crippen molar-refractivity contribution in [3.8, 4) is 0 Å². The Balaban J connectivity index is 0.00000264. The van der Waals surface area contributed by atoms with Crippen LogP contribution in [0.1, 0.15) is 39.1 Å². The molecule has 0 atom stereocenters. The normalized spacial score (nSPS) is 11.9. The fourth-order valence-electron chi connectivity index (χ4n) is 2.01. The van der Waals surface area contributed by atoms with E-state index in [1.165, 1.54) is 0 Å². The average molecular weight is 486 g/mol. The average Bonchev–Trinajstić information content (AvgIpc) is 2.59. The monoisotopic (exact) mass is 486 g/mol. The minimum atomic E-state index is 0. The largest absolute Gasteiger partial charge is 2.00 e. The molecule has 0 amide bonds. The van der Waals surface area contributed by atoms with Crippen LogP contribution in [0.4, 0.5) is 11.6 Å². The SMILES string of the molecule is C[C-]=C(C)c1cccc(N(C)c2cccc(C(C)=[C-]C)n2)n1.[Pt+2]. The van der Waals surface area contributed by atoms with Gasteiger partial charge in [-0.05, 0) is 12.1 Å². The fraction of sp³-hybridized carbons (Fsp3) is 0.263. The van der Waals surface area contributed by atoms with Crippen molar-refractivity contribution in [2.75, 3.05) is 11.9 Å². The summed E-state index contributed by atoms with van der Waals surface area (Å²) in [4.78, 5) is 11.3. The Morgan fingerprint density at radius 3 is 1.57 bits per heavy atom. The van der Waals surface area contributed by atoms with Crippen molar-refractivity contribution in [1.82, 2.24) is 9.97 Å². The summed E-state index contributed by atoms with van der Waals surface area (Å²) in [5.41, 5.74) is 3.94. The van der Waals surface area contributed by atoms with Crippen LogP contribution in [0.5, 0.6) is 0 Å². The van der Waals surface area contributed by atoms with Crippen LogP contribution in [0.3, 0.4) is 0 Å². The summed E-state index contributed by atoms with van der Waals surface area (Å²) in [5.74, 6) is 1.72. The van der Waals surface area contributed by atoms with E-state index in [0.29, 0.717) is 0 Å². The minimum Gasteiger partial charge on any atom is -0.329 e. The molecule has 0 aliphatic carbocycles. The molecule has 0 radical (unpaired) electrons. The van der Waals surface area contributed by atoms with Gasteiger partial charge in [-0.2, -0.15) is 0 Å². The second-order valence-corrected chi connectivity index (χ2v) is 5.07. The molecule has 0 saturated heterocycles. The molecule has 0 N–H and O–H groups in total. The molecule has 23 heavy (non-hydrogen) atoms. The smallest absolute Gasteiger partial charge is 0.329 e. The third-order valence-electron chi connectivity index (χ3n) is 3.67. The quantitative estimate of drug-likeness (QED) is 0.587. The second-order valence-electron chi connectivity index (χ2n) is 5.07. The van der Waals surface area contributed by atoms with Crippen molar-refractivity contribution in [2.24, 2.45) is 0 Å². The van der Waals surface area contributed by atoms with Crippen LogP contribution in [0.15, 0.2) is 36.4 Å². The predicted octanol–water partition coefficient (Wildman–Crippen LogP) is 4.69. The van der Waals surface area contributed by atoms with Gasteiger partial charge in [0.25, 0.3) is 0 Å². The van der Waals surface area contributed by atoms with E-state index in [0.717, 1.165) is 34.2 Å². The summed E-state index contributed by atoms with van der Waals surface area (Å²) in [6, 6.07) is 12.0. The van der Waals surface area contributed by atoms with E-state index in [9.17, 15) is 0 Å². The van der Waals surface area contributed by atoms with Gasteiger partial charge in [0.05, 0.1) is 0 Å². The molecule has 3 nitrogen and oxygen atoms in total. The van der Waals surface area contributed by atoms with Crippen LogP contribution in [0.25, 0.3) is 11.1 Å². The molecule has 0 aromatic carbocycles. The zero-order chi connectivity index (χ0) is 16.1. The number of pyridine rings is 2. The van der Waals surface area contributed by atoms with Crippen molar-refractivity contribution in [3.63, 3.8) is 0 Å². The molecule has 2 aromatic rings. The molecular formula is C19H21N3Pt. The van der Waals surface area contributed by atoms with Crippen LogP contribution in [-0.2, 0) is 21.1 Å². The standard InChI is InChI=1S/C19H21N3.Pt/c1-6-14(3)16-10-8-12-18(20-16)22(5)19-13-9-11-17(21-19)15(4)7-2;/h8-13H,1-5H3;/q-2;+2. The zero-order valence-electron chi connectivity index (χ0n) is 14.1. The van der Waals surface area contributed by atoms with Gasteiger partial charge in [0.2, 0.25) is 0 Å². The molecule has 122 valence electrons. The Morgan fingerprint density at radius 1 is 0.826 bits per heavy atom. The predicted molar refractivity (Wildman–Crippen MR) is 92.5 cm³/mol. The van der Waals surface area contributed by atoms with Gasteiger partial charge >= 0.3 is 21.1 Å². The topological polar surface area (TPSA) is 29.0 Å². The number of rotatable bonds is 4. The Morgan fingerprint density at radius 2 is 1.22 bits per heavy atom. The molecule has 0 fully saturated rings. The summed E-state index contributed by atoms with van der Waals surface area (Å²) in [6.07, 6.45) is 6.25. The molecule has 4 heteroatoms. The molecule has 2 rings (SSSR count). The van der Waals surface area contributed by atoms with Crippen molar-refractivity contribution in [2.45, 2.75) is 27.7 Å². The number of hydrogen-bond donors (Lipinski definition) is 0. The van der Waals surface area contributed by atoms with Crippen LogP contribution in [0, 0.1) is 12.2 Å². The van der Waals surface area contributed by atoms with Gasteiger partial charge in [-0.1, -0.05) is 37.4 Å². The van der Waals surface area contributed by atoms with E-state index in [-0.39, 0.29) is 21.1 Å². The minimum absolute atomic E-state index is 0. The summed E-state index contributed by atoms with van der Waals surface area (Å²) in [5, 5.41) is 0. The van der Waals surface area contributed by atoms with Gasteiger partial charge in [-0.3, -0.25) is 12.2 Å². The Bertz CT molecular complexity index is 659. The van der Waals surface area contributed by atoms with E-state index in [4.69, 9.17) is 0 Å². The third-order valence-corrected chi connectivity index (χ3v) is 3.67. The molecule has 0 unspecified atom stereocenters. The maximum absolute atomic E-state index is 4.68. The summed E-state index contributed by atoms with van der Waals surface area (Å²) in [7, 11) is 1.97. The van der Waals surface area contributed by atoms with Crippen molar-refractivity contribution < 1.29 is 21.1 Å². The number of nitrogens with zero attached hydrogens (tertiary/aromatic N) is 3. The molecule has 2 aromatic heterocycles. The molecule has 0 aliphatic heterocycles. The van der Waals surface area contributed by atoms with Gasteiger partial charge in [0, 0.05) is 7.05 Å². The van der Waals surface area contributed by atoms with E-state index in [1.807, 2.05) is 76.0 Å². The van der Waals surface area contributed by atoms with E-state index < -0.39 is 0 Å². The van der Waals surface area contributed by atoms with Crippen molar-refractivity contribution in [3.05, 3.63) is 59.9 Å². The van der Waals surface area contributed by atoms with E-state index >= 15 is 0 Å². The third kappa shape index (κ3) is 4.62. The van der Waals surface area contributed by atoms with Crippen LogP contribution >= 0.6 is 0 Å². The fourth-order valence-corrected chi connectivity index (χ4v) is 2.01. The number of hydrogen-bond acceptors (Lipinski definition) is 3. The number of aromatic nitrogens is 2. The Kier molecular flexibility index (Phi) is 7.38. The van der Waals surface area contributed by atoms with Crippen molar-refractivity contribution >= 4 is 22.8 Å². The first-order chi connectivity index (χ1) is 10.6. The van der Waals surface area contributed by atoms with Crippen LogP contribution in [-0.4, -0.2) is 17.0 Å². The van der Waals surface area contributed by atoms with Crippen LogP contribution in [0.2, 0.25) is 0 Å². The Labute approximate surface area is 153 Å². The van der Waals surface area contributed by atoms with E-state index in [1.54, 1.807) is 0 Å². The molecular weight excluding hydrogens is 465 g/mol. The first kappa shape index (κ1) is 19.3. The van der Waals surface area contributed by atoms with E-state index in [2.05, 4.69) is 22.1 Å². The zero-order valence-corrected chi connectivity index (χ0v) is 16.4. The maximum Gasteiger partial charge on any atom is 2.00 e. The van der Waals surface area contributed by atoms with Gasteiger partial charge < -0.3 is 14.9 Å². The molecule has 0 aliphatic rings. The second kappa shape index (κ2) is 8.78.